The van der Waals surface area contributed by atoms with E-state index in [-0.39, 0.29) is 12.0 Å². The van der Waals surface area contributed by atoms with Crippen LogP contribution in [0.15, 0.2) is 0 Å². The van der Waals surface area contributed by atoms with E-state index in [2.05, 4.69) is 19.2 Å². The summed E-state index contributed by atoms with van der Waals surface area (Å²) in [5, 5.41) is 12.2. The van der Waals surface area contributed by atoms with Crippen LogP contribution >= 0.6 is 0 Å². The second-order valence-electron chi connectivity index (χ2n) is 4.55. The summed E-state index contributed by atoms with van der Waals surface area (Å²) in [6, 6.07) is -0.306. The molecule has 0 aromatic rings. The zero-order valence-electron chi connectivity index (χ0n) is 9.53. The van der Waals surface area contributed by atoms with Gasteiger partial charge in [0, 0.05) is 13.0 Å². The molecule has 4 nitrogen and oxygen atoms in total. The Labute approximate surface area is 91.0 Å². The molecular formula is C11H21NO3. The molecule has 4 heteroatoms. The first-order chi connectivity index (χ1) is 7.09. The maximum atomic E-state index is 11.4. The van der Waals surface area contributed by atoms with Gasteiger partial charge in [0.25, 0.3) is 0 Å². The fourth-order valence-corrected chi connectivity index (χ4v) is 1.66. The molecule has 0 bridgehead atoms. The lowest BCUT2D eigenvalue weighted by atomic mass is 10.1. The molecule has 1 heterocycles. The topological polar surface area (TPSA) is 58.6 Å². The maximum Gasteiger partial charge on any atom is 0.323 e. The lowest BCUT2D eigenvalue weighted by Crippen LogP contribution is -2.32. The molecule has 1 saturated heterocycles. The number of β-amino-alcohol motifs (C(OH)–C–C–N with tert-alkyl or cyclic N) is 1. The number of nitrogens with one attached hydrogen (secondary N) is 1. The first kappa shape index (κ1) is 12.5. The molecule has 2 atom stereocenters. The maximum absolute atomic E-state index is 11.4. The van der Waals surface area contributed by atoms with Gasteiger partial charge in [0.15, 0.2) is 0 Å². The van der Waals surface area contributed by atoms with Crippen molar-refractivity contribution in [3.05, 3.63) is 0 Å². The van der Waals surface area contributed by atoms with Crippen molar-refractivity contribution in [1.29, 1.82) is 0 Å². The molecule has 2 N–H and O–H groups in total. The van der Waals surface area contributed by atoms with Crippen LogP contribution in [0.2, 0.25) is 0 Å². The summed E-state index contributed by atoms with van der Waals surface area (Å²) in [5.41, 5.74) is 0. The first-order valence-electron chi connectivity index (χ1n) is 5.67. The Kier molecular flexibility index (Phi) is 5.05. The van der Waals surface area contributed by atoms with E-state index in [1.165, 1.54) is 0 Å². The molecule has 0 aliphatic carbocycles. The van der Waals surface area contributed by atoms with Crippen molar-refractivity contribution in [3.63, 3.8) is 0 Å². The third-order valence-corrected chi connectivity index (χ3v) is 2.56. The number of hydrogen-bond acceptors (Lipinski definition) is 4. The Hall–Kier alpha value is -0.610. The van der Waals surface area contributed by atoms with E-state index in [0.717, 1.165) is 12.8 Å². The summed E-state index contributed by atoms with van der Waals surface area (Å²) in [7, 11) is 0. The molecule has 0 saturated carbocycles. The van der Waals surface area contributed by atoms with E-state index in [0.29, 0.717) is 25.5 Å². The molecule has 1 aliphatic heterocycles. The fraction of sp³-hybridized carbons (Fsp3) is 0.909. The van der Waals surface area contributed by atoms with Crippen LogP contribution in [-0.2, 0) is 9.53 Å². The quantitative estimate of drug-likeness (QED) is 0.523. The van der Waals surface area contributed by atoms with Crippen LogP contribution in [0.5, 0.6) is 0 Å². The molecule has 15 heavy (non-hydrogen) atoms. The highest BCUT2D eigenvalue weighted by Gasteiger charge is 2.28. The van der Waals surface area contributed by atoms with Gasteiger partial charge < -0.3 is 15.2 Å². The summed E-state index contributed by atoms with van der Waals surface area (Å²) >= 11 is 0. The molecule has 0 amide bonds. The van der Waals surface area contributed by atoms with Gasteiger partial charge in [-0.25, -0.2) is 0 Å². The van der Waals surface area contributed by atoms with Crippen molar-refractivity contribution >= 4 is 5.97 Å². The summed E-state index contributed by atoms with van der Waals surface area (Å²) in [5.74, 6) is 0.422. The molecule has 0 radical (unpaired) electrons. The van der Waals surface area contributed by atoms with Gasteiger partial charge in [-0.3, -0.25) is 4.79 Å². The van der Waals surface area contributed by atoms with Gasteiger partial charge in [-0.15, -0.1) is 0 Å². The summed E-state index contributed by atoms with van der Waals surface area (Å²) in [4.78, 5) is 11.4. The van der Waals surface area contributed by atoms with E-state index in [9.17, 15) is 9.90 Å². The monoisotopic (exact) mass is 215 g/mol. The van der Waals surface area contributed by atoms with Crippen LogP contribution in [-0.4, -0.2) is 36.4 Å². The van der Waals surface area contributed by atoms with Crippen LogP contribution in [0.1, 0.15) is 33.1 Å². The number of aliphatic hydroxyl groups excluding tert-OH is 1. The molecule has 88 valence electrons. The standard InChI is InChI=1S/C11H21NO3/c1-8(2)4-3-5-15-11(14)10-6-9(13)7-12-10/h8-10,12-13H,3-7H2,1-2H3/t9?,10-/m0/s1. The molecule has 1 unspecified atom stereocenters. The minimum atomic E-state index is -0.404. The van der Waals surface area contributed by atoms with Crippen LogP contribution < -0.4 is 5.32 Å². The van der Waals surface area contributed by atoms with E-state index in [4.69, 9.17) is 4.74 Å². The highest BCUT2D eigenvalue weighted by molar-refractivity contribution is 5.76. The molecule has 1 fully saturated rings. The zero-order valence-corrected chi connectivity index (χ0v) is 9.53. The van der Waals surface area contributed by atoms with E-state index >= 15 is 0 Å². The number of carbonyl (C=O) groups excluding carboxylic acids is 1. The van der Waals surface area contributed by atoms with Crippen molar-refractivity contribution in [3.8, 4) is 0 Å². The van der Waals surface area contributed by atoms with E-state index < -0.39 is 6.10 Å². The van der Waals surface area contributed by atoms with E-state index in [1.54, 1.807) is 0 Å². The van der Waals surface area contributed by atoms with E-state index in [1.807, 2.05) is 0 Å². The Morgan fingerprint density at radius 3 is 2.87 bits per heavy atom. The van der Waals surface area contributed by atoms with Gasteiger partial charge >= 0.3 is 5.97 Å². The van der Waals surface area contributed by atoms with Crippen molar-refractivity contribution < 1.29 is 14.6 Å². The largest absolute Gasteiger partial charge is 0.465 e. The third-order valence-electron chi connectivity index (χ3n) is 2.56. The molecule has 0 aromatic heterocycles. The number of carbonyl (C=O) groups is 1. The van der Waals surface area contributed by atoms with Gasteiger partial charge in [0.1, 0.15) is 6.04 Å². The van der Waals surface area contributed by atoms with Crippen molar-refractivity contribution in [1.82, 2.24) is 5.32 Å². The lowest BCUT2D eigenvalue weighted by molar-refractivity contribution is -0.146. The van der Waals surface area contributed by atoms with Crippen LogP contribution in [0.3, 0.4) is 0 Å². The van der Waals surface area contributed by atoms with Crippen LogP contribution in [0.4, 0.5) is 0 Å². The second-order valence-corrected chi connectivity index (χ2v) is 4.55. The van der Waals surface area contributed by atoms with Crippen molar-refractivity contribution in [2.24, 2.45) is 5.92 Å². The Bertz CT molecular complexity index is 206. The summed E-state index contributed by atoms with van der Waals surface area (Å²) in [6.07, 6.45) is 2.06. The van der Waals surface area contributed by atoms with Crippen LogP contribution in [0.25, 0.3) is 0 Å². The fourth-order valence-electron chi connectivity index (χ4n) is 1.66. The Morgan fingerprint density at radius 1 is 1.60 bits per heavy atom. The van der Waals surface area contributed by atoms with Crippen molar-refractivity contribution in [2.45, 2.75) is 45.3 Å². The van der Waals surface area contributed by atoms with Gasteiger partial charge in [-0.1, -0.05) is 13.8 Å². The first-order valence-corrected chi connectivity index (χ1v) is 5.67. The Morgan fingerprint density at radius 2 is 2.33 bits per heavy atom. The second kappa shape index (κ2) is 6.08. The zero-order chi connectivity index (χ0) is 11.3. The molecule has 1 aliphatic rings. The Balaban J connectivity index is 2.08. The van der Waals surface area contributed by atoms with Gasteiger partial charge in [0.2, 0.25) is 0 Å². The highest BCUT2D eigenvalue weighted by Crippen LogP contribution is 2.09. The number of ether oxygens (including phenoxy) is 1. The molecule has 1 rings (SSSR count). The summed E-state index contributed by atoms with van der Waals surface area (Å²) in [6.45, 7) is 5.28. The SMILES string of the molecule is CC(C)CCCOC(=O)[C@@H]1CC(O)CN1. The number of esters is 1. The number of hydrogen-bond donors (Lipinski definition) is 2. The third kappa shape index (κ3) is 4.62. The normalized spacial score (nSPS) is 25.9. The molecular weight excluding hydrogens is 194 g/mol. The predicted molar refractivity (Wildman–Crippen MR) is 57.4 cm³/mol. The summed E-state index contributed by atoms with van der Waals surface area (Å²) < 4.78 is 5.11. The number of rotatable bonds is 5. The van der Waals surface area contributed by atoms with Crippen LogP contribution in [0, 0.1) is 5.92 Å². The minimum Gasteiger partial charge on any atom is -0.465 e. The number of aliphatic hydroxyl groups is 1. The molecule has 0 spiro atoms. The van der Waals surface area contributed by atoms with Crippen molar-refractivity contribution in [2.75, 3.05) is 13.2 Å². The average Bonchev–Trinajstić information content (AvgIpc) is 2.59. The van der Waals surface area contributed by atoms with Gasteiger partial charge in [-0.05, 0) is 18.8 Å². The predicted octanol–water partition coefficient (Wildman–Crippen LogP) is 0.689. The van der Waals surface area contributed by atoms with Gasteiger partial charge in [-0.2, -0.15) is 0 Å². The smallest absolute Gasteiger partial charge is 0.323 e. The highest BCUT2D eigenvalue weighted by atomic mass is 16.5. The lowest BCUT2D eigenvalue weighted by Gasteiger charge is -2.10. The average molecular weight is 215 g/mol. The minimum absolute atomic E-state index is 0.227. The van der Waals surface area contributed by atoms with Gasteiger partial charge in [0.05, 0.1) is 12.7 Å². The molecule has 0 aromatic carbocycles.